The van der Waals surface area contributed by atoms with Gasteiger partial charge in [-0.3, -0.25) is 0 Å². The Morgan fingerprint density at radius 2 is 1.95 bits per heavy atom. The molecule has 0 amide bonds. The van der Waals surface area contributed by atoms with Crippen LogP contribution >= 0.6 is 23.2 Å². The van der Waals surface area contributed by atoms with E-state index in [4.69, 9.17) is 23.2 Å². The molecule has 2 heteroatoms. The second-order valence-corrected chi connectivity index (χ2v) is 6.07. The van der Waals surface area contributed by atoms with Crippen LogP contribution in [0.5, 0.6) is 0 Å². The standard InChI is InChI=1S/C18H16Cl2/c1-12-9-15(20)5-6-16(12)17-4-2-3-14-10-13(7-8-19)11-18(14)17/h2-6,9,11H,7-8,10H2,1H3. The summed E-state index contributed by atoms with van der Waals surface area (Å²) in [4.78, 5) is 0. The third-order valence-corrected chi connectivity index (χ3v) is 4.28. The summed E-state index contributed by atoms with van der Waals surface area (Å²) in [7, 11) is 0. The zero-order valence-electron chi connectivity index (χ0n) is 11.4. The topological polar surface area (TPSA) is 0 Å². The molecule has 2 aromatic rings. The molecule has 0 fully saturated rings. The first kappa shape index (κ1) is 13.7. The summed E-state index contributed by atoms with van der Waals surface area (Å²) in [6.45, 7) is 2.11. The first-order chi connectivity index (χ1) is 9.69. The largest absolute Gasteiger partial charge is 0.126 e. The van der Waals surface area contributed by atoms with Crippen molar-refractivity contribution in [3.05, 3.63) is 63.7 Å². The SMILES string of the molecule is Cc1cc(Cl)ccc1-c1cccc2c1C=C(CCCl)C2. The van der Waals surface area contributed by atoms with Gasteiger partial charge in [-0.15, -0.1) is 11.6 Å². The lowest BCUT2D eigenvalue weighted by Gasteiger charge is -2.11. The highest BCUT2D eigenvalue weighted by atomic mass is 35.5. The number of rotatable bonds is 3. The van der Waals surface area contributed by atoms with E-state index in [0.717, 1.165) is 17.9 Å². The molecule has 0 heterocycles. The third-order valence-electron chi connectivity index (χ3n) is 3.86. The lowest BCUT2D eigenvalue weighted by atomic mass is 9.94. The van der Waals surface area contributed by atoms with E-state index in [1.54, 1.807) is 0 Å². The molecule has 0 N–H and O–H groups in total. The fourth-order valence-electron chi connectivity index (χ4n) is 2.88. The normalized spacial score (nSPS) is 13.2. The minimum absolute atomic E-state index is 0.690. The average Bonchev–Trinajstić information content (AvgIpc) is 2.82. The lowest BCUT2D eigenvalue weighted by molar-refractivity contribution is 1.05. The zero-order valence-corrected chi connectivity index (χ0v) is 12.9. The van der Waals surface area contributed by atoms with E-state index in [1.807, 2.05) is 12.1 Å². The number of benzene rings is 2. The highest BCUT2D eigenvalue weighted by Crippen LogP contribution is 2.36. The molecule has 0 aromatic heterocycles. The second kappa shape index (κ2) is 5.63. The first-order valence-electron chi connectivity index (χ1n) is 6.83. The van der Waals surface area contributed by atoms with Crippen molar-refractivity contribution in [3.8, 4) is 11.1 Å². The Labute approximate surface area is 130 Å². The van der Waals surface area contributed by atoms with E-state index in [1.165, 1.54) is 33.4 Å². The number of aryl methyl sites for hydroxylation is 1. The van der Waals surface area contributed by atoms with Gasteiger partial charge in [0.25, 0.3) is 0 Å². The molecule has 0 saturated carbocycles. The molecular formula is C18H16Cl2. The molecule has 0 bridgehead atoms. The average molecular weight is 303 g/mol. The van der Waals surface area contributed by atoms with Crippen LogP contribution in [-0.2, 0) is 6.42 Å². The summed E-state index contributed by atoms with van der Waals surface area (Å²) in [6.07, 6.45) is 4.30. The molecule has 0 unspecified atom stereocenters. The Bertz CT molecular complexity index is 684. The van der Waals surface area contributed by atoms with Gasteiger partial charge in [-0.05, 0) is 59.7 Å². The number of halogens is 2. The van der Waals surface area contributed by atoms with Crippen molar-refractivity contribution in [2.45, 2.75) is 19.8 Å². The van der Waals surface area contributed by atoms with Crippen molar-refractivity contribution in [1.29, 1.82) is 0 Å². The van der Waals surface area contributed by atoms with Gasteiger partial charge in [-0.25, -0.2) is 0 Å². The molecule has 0 saturated heterocycles. The van der Waals surface area contributed by atoms with Gasteiger partial charge in [-0.2, -0.15) is 0 Å². The van der Waals surface area contributed by atoms with Gasteiger partial charge in [0.1, 0.15) is 0 Å². The van der Waals surface area contributed by atoms with Crippen molar-refractivity contribution >= 4 is 29.3 Å². The van der Waals surface area contributed by atoms with Crippen molar-refractivity contribution in [2.75, 3.05) is 5.88 Å². The van der Waals surface area contributed by atoms with Gasteiger partial charge in [0.05, 0.1) is 0 Å². The van der Waals surface area contributed by atoms with Crippen LogP contribution in [-0.4, -0.2) is 5.88 Å². The lowest BCUT2D eigenvalue weighted by Crippen LogP contribution is -1.90. The molecular weight excluding hydrogens is 287 g/mol. The Balaban J connectivity index is 2.10. The fraction of sp³-hybridized carbons (Fsp3) is 0.222. The molecule has 0 radical (unpaired) electrons. The summed E-state index contributed by atoms with van der Waals surface area (Å²) in [5, 5.41) is 0.789. The van der Waals surface area contributed by atoms with E-state index in [2.05, 4.69) is 37.3 Å². The van der Waals surface area contributed by atoms with Crippen molar-refractivity contribution in [2.24, 2.45) is 0 Å². The molecule has 3 rings (SSSR count). The molecule has 0 nitrogen and oxygen atoms in total. The molecule has 20 heavy (non-hydrogen) atoms. The quantitative estimate of drug-likeness (QED) is 0.621. The number of fused-ring (bicyclic) bond motifs is 1. The van der Waals surface area contributed by atoms with E-state index in [9.17, 15) is 0 Å². The van der Waals surface area contributed by atoms with Gasteiger partial charge in [0.15, 0.2) is 0 Å². The molecule has 1 aliphatic carbocycles. The van der Waals surface area contributed by atoms with Gasteiger partial charge in [-0.1, -0.05) is 47.5 Å². The van der Waals surface area contributed by atoms with Crippen LogP contribution < -0.4 is 0 Å². The predicted molar refractivity (Wildman–Crippen MR) is 88.6 cm³/mol. The predicted octanol–water partition coefficient (Wildman–Crippen LogP) is 5.88. The Morgan fingerprint density at radius 1 is 1.10 bits per heavy atom. The Hall–Kier alpha value is -1.24. The smallest absolute Gasteiger partial charge is 0.0409 e. The Morgan fingerprint density at radius 3 is 2.70 bits per heavy atom. The minimum atomic E-state index is 0.690. The van der Waals surface area contributed by atoms with Crippen LogP contribution in [0.4, 0.5) is 0 Å². The van der Waals surface area contributed by atoms with E-state index >= 15 is 0 Å². The van der Waals surface area contributed by atoms with Crippen LogP contribution in [0.3, 0.4) is 0 Å². The summed E-state index contributed by atoms with van der Waals surface area (Å²) in [5.41, 5.74) is 7.94. The monoisotopic (exact) mass is 302 g/mol. The maximum atomic E-state index is 6.06. The van der Waals surface area contributed by atoms with Gasteiger partial charge in [0, 0.05) is 10.9 Å². The van der Waals surface area contributed by atoms with Crippen molar-refractivity contribution in [3.63, 3.8) is 0 Å². The van der Waals surface area contributed by atoms with Crippen LogP contribution in [0.25, 0.3) is 17.2 Å². The fourth-order valence-corrected chi connectivity index (χ4v) is 3.35. The van der Waals surface area contributed by atoms with Crippen molar-refractivity contribution in [1.82, 2.24) is 0 Å². The highest BCUT2D eigenvalue weighted by Gasteiger charge is 2.17. The summed E-state index contributed by atoms with van der Waals surface area (Å²) >= 11 is 11.9. The molecule has 1 aliphatic rings. The minimum Gasteiger partial charge on any atom is -0.126 e. The Kier molecular flexibility index (Phi) is 3.87. The van der Waals surface area contributed by atoms with E-state index in [0.29, 0.717) is 5.88 Å². The van der Waals surface area contributed by atoms with Crippen LogP contribution in [0, 0.1) is 6.92 Å². The van der Waals surface area contributed by atoms with Crippen LogP contribution in [0.2, 0.25) is 5.02 Å². The maximum absolute atomic E-state index is 6.06. The molecule has 102 valence electrons. The maximum Gasteiger partial charge on any atom is 0.0409 e. The van der Waals surface area contributed by atoms with E-state index < -0.39 is 0 Å². The number of hydrogen-bond acceptors (Lipinski definition) is 0. The summed E-state index contributed by atoms with van der Waals surface area (Å²) < 4.78 is 0. The van der Waals surface area contributed by atoms with Crippen molar-refractivity contribution < 1.29 is 0 Å². The van der Waals surface area contributed by atoms with Gasteiger partial charge in [0.2, 0.25) is 0 Å². The zero-order chi connectivity index (χ0) is 14.1. The summed E-state index contributed by atoms with van der Waals surface area (Å²) in [6, 6.07) is 12.6. The third kappa shape index (κ3) is 2.51. The van der Waals surface area contributed by atoms with Crippen LogP contribution in [0.1, 0.15) is 23.1 Å². The molecule has 2 aromatic carbocycles. The van der Waals surface area contributed by atoms with Crippen LogP contribution in [0.15, 0.2) is 42.0 Å². The molecule has 0 atom stereocenters. The number of allylic oxidation sites excluding steroid dienone is 1. The summed E-state index contributed by atoms with van der Waals surface area (Å²) in [5.74, 6) is 0.690. The molecule has 0 aliphatic heterocycles. The highest BCUT2D eigenvalue weighted by molar-refractivity contribution is 6.30. The first-order valence-corrected chi connectivity index (χ1v) is 7.74. The number of alkyl halides is 1. The van der Waals surface area contributed by atoms with Gasteiger partial charge >= 0.3 is 0 Å². The van der Waals surface area contributed by atoms with Gasteiger partial charge < -0.3 is 0 Å². The van der Waals surface area contributed by atoms with E-state index in [-0.39, 0.29) is 0 Å². The molecule has 0 spiro atoms. The second-order valence-electron chi connectivity index (χ2n) is 5.26. The number of hydrogen-bond donors (Lipinski definition) is 0.